The van der Waals surface area contributed by atoms with Crippen LogP contribution in [-0.2, 0) is 0 Å². The second-order valence-electron chi connectivity index (χ2n) is 4.85. The first kappa shape index (κ1) is 14.3. The van der Waals surface area contributed by atoms with Crippen molar-refractivity contribution in [3.63, 3.8) is 0 Å². The maximum Gasteiger partial charge on any atom is 0.251 e. The van der Waals surface area contributed by atoms with Crippen molar-refractivity contribution >= 4 is 8.32 Å². The molecule has 0 atom stereocenters. The van der Waals surface area contributed by atoms with E-state index in [0.29, 0.717) is 0 Å². The molecule has 0 aromatic heterocycles. The third kappa shape index (κ3) is 4.54. The Balaban J connectivity index is 2.80. The van der Waals surface area contributed by atoms with Gasteiger partial charge in [-0.3, -0.25) is 0 Å². The summed E-state index contributed by atoms with van der Waals surface area (Å²) in [5.74, 6) is 1.08. The Kier molecular flexibility index (Phi) is 6.34. The summed E-state index contributed by atoms with van der Waals surface area (Å²) in [5, 5.41) is 0. The van der Waals surface area contributed by atoms with Crippen LogP contribution in [-0.4, -0.2) is 8.32 Å². The molecule has 0 N–H and O–H groups in total. The van der Waals surface area contributed by atoms with Gasteiger partial charge in [0.05, 0.1) is 0 Å². The number of rotatable bonds is 8. The predicted molar refractivity (Wildman–Crippen MR) is 78.1 cm³/mol. The Hall–Kier alpha value is -0.763. The Labute approximate surface area is 107 Å². The molecule has 2 heteroatoms. The number of hydrogen-bond donors (Lipinski definition) is 0. The predicted octanol–water partition coefficient (Wildman–Crippen LogP) is 5.24. The molecule has 0 fully saturated rings. The molecular formula is C15H26OSi. The van der Waals surface area contributed by atoms with Crippen molar-refractivity contribution in [2.45, 2.75) is 58.2 Å². The molecule has 17 heavy (non-hydrogen) atoms. The standard InChI is InChI=1S/C15H26OSi/c1-4-12-17(13-5-2,14-6-3)16-15-10-8-7-9-11-15/h7-11H,4-6,12-14H2,1-3H3. The quantitative estimate of drug-likeness (QED) is 0.573. The van der Waals surface area contributed by atoms with E-state index in [0.717, 1.165) is 5.75 Å². The lowest BCUT2D eigenvalue weighted by Crippen LogP contribution is -2.41. The maximum atomic E-state index is 6.46. The average Bonchev–Trinajstić information content (AvgIpc) is 2.31. The first-order valence-corrected chi connectivity index (χ1v) is 9.53. The fraction of sp³-hybridized carbons (Fsp3) is 0.600. The molecule has 96 valence electrons. The van der Waals surface area contributed by atoms with Crippen LogP contribution in [0.4, 0.5) is 0 Å². The Bertz CT molecular complexity index is 280. The van der Waals surface area contributed by atoms with E-state index < -0.39 is 8.32 Å². The molecule has 1 nitrogen and oxygen atoms in total. The summed E-state index contributed by atoms with van der Waals surface area (Å²) < 4.78 is 6.46. The van der Waals surface area contributed by atoms with Crippen molar-refractivity contribution in [3.8, 4) is 5.75 Å². The van der Waals surface area contributed by atoms with Crippen LogP contribution in [0.15, 0.2) is 30.3 Å². The molecule has 0 bridgehead atoms. The molecule has 0 aliphatic carbocycles. The van der Waals surface area contributed by atoms with Gasteiger partial charge in [-0.25, -0.2) is 0 Å². The summed E-state index contributed by atoms with van der Waals surface area (Å²) in [6, 6.07) is 14.3. The fourth-order valence-corrected chi connectivity index (χ4v) is 7.06. The molecular weight excluding hydrogens is 224 g/mol. The normalized spacial score (nSPS) is 11.5. The van der Waals surface area contributed by atoms with Gasteiger partial charge in [-0.15, -0.1) is 0 Å². The van der Waals surface area contributed by atoms with Gasteiger partial charge in [-0.2, -0.15) is 0 Å². The molecule has 0 radical (unpaired) electrons. The Morgan fingerprint density at radius 1 is 0.824 bits per heavy atom. The Morgan fingerprint density at radius 2 is 1.29 bits per heavy atom. The minimum absolute atomic E-state index is 1.08. The van der Waals surface area contributed by atoms with Gasteiger partial charge >= 0.3 is 0 Å². The van der Waals surface area contributed by atoms with Gasteiger partial charge in [0.15, 0.2) is 0 Å². The van der Waals surface area contributed by atoms with E-state index in [4.69, 9.17) is 4.43 Å². The minimum atomic E-state index is -1.54. The van der Waals surface area contributed by atoms with Gasteiger partial charge in [0.2, 0.25) is 0 Å². The molecule has 0 heterocycles. The van der Waals surface area contributed by atoms with Crippen molar-refractivity contribution < 1.29 is 4.43 Å². The summed E-state index contributed by atoms with van der Waals surface area (Å²) in [6.07, 6.45) is 3.75. The zero-order chi connectivity index (χ0) is 12.6. The van der Waals surface area contributed by atoms with Crippen molar-refractivity contribution in [1.29, 1.82) is 0 Å². The zero-order valence-electron chi connectivity index (χ0n) is 11.5. The molecule has 0 spiro atoms. The third-order valence-corrected chi connectivity index (χ3v) is 8.10. The number of hydrogen-bond acceptors (Lipinski definition) is 1. The van der Waals surface area contributed by atoms with Crippen LogP contribution in [0, 0.1) is 0 Å². The maximum absolute atomic E-state index is 6.46. The first-order valence-electron chi connectivity index (χ1n) is 7.00. The van der Waals surface area contributed by atoms with Gasteiger partial charge in [0.1, 0.15) is 5.75 Å². The molecule has 0 saturated heterocycles. The smallest absolute Gasteiger partial charge is 0.251 e. The summed E-state index contributed by atoms with van der Waals surface area (Å²) in [5.41, 5.74) is 0. The lowest BCUT2D eigenvalue weighted by atomic mass is 10.3. The molecule has 1 aromatic carbocycles. The molecule has 0 aliphatic rings. The monoisotopic (exact) mass is 250 g/mol. The van der Waals surface area contributed by atoms with Crippen LogP contribution < -0.4 is 4.43 Å². The van der Waals surface area contributed by atoms with Gasteiger partial charge in [0, 0.05) is 0 Å². The lowest BCUT2D eigenvalue weighted by Gasteiger charge is -2.31. The highest BCUT2D eigenvalue weighted by molar-refractivity contribution is 6.74. The van der Waals surface area contributed by atoms with Crippen LogP contribution in [0.5, 0.6) is 5.75 Å². The van der Waals surface area contributed by atoms with E-state index in [1.54, 1.807) is 0 Å². The molecule has 0 amide bonds. The molecule has 0 saturated carbocycles. The van der Waals surface area contributed by atoms with Gasteiger partial charge in [-0.05, 0) is 30.3 Å². The first-order chi connectivity index (χ1) is 8.26. The van der Waals surface area contributed by atoms with Crippen molar-refractivity contribution in [2.75, 3.05) is 0 Å². The van der Waals surface area contributed by atoms with Crippen LogP contribution in [0.2, 0.25) is 18.1 Å². The zero-order valence-corrected chi connectivity index (χ0v) is 12.5. The van der Waals surface area contributed by atoms with Crippen LogP contribution in [0.25, 0.3) is 0 Å². The highest BCUT2D eigenvalue weighted by Crippen LogP contribution is 2.29. The third-order valence-electron chi connectivity index (χ3n) is 3.19. The van der Waals surface area contributed by atoms with E-state index >= 15 is 0 Å². The van der Waals surface area contributed by atoms with Crippen LogP contribution in [0.3, 0.4) is 0 Å². The van der Waals surface area contributed by atoms with Gasteiger partial charge < -0.3 is 4.43 Å². The van der Waals surface area contributed by atoms with Crippen LogP contribution >= 0.6 is 0 Å². The second kappa shape index (κ2) is 7.54. The fourth-order valence-electron chi connectivity index (χ4n) is 2.63. The number of para-hydroxylation sites is 1. The molecule has 0 aliphatic heterocycles. The molecule has 1 rings (SSSR count). The van der Waals surface area contributed by atoms with E-state index in [1.165, 1.54) is 37.4 Å². The summed E-state index contributed by atoms with van der Waals surface area (Å²) in [4.78, 5) is 0. The van der Waals surface area contributed by atoms with Crippen molar-refractivity contribution in [3.05, 3.63) is 30.3 Å². The highest BCUT2D eigenvalue weighted by atomic mass is 28.4. The minimum Gasteiger partial charge on any atom is -0.543 e. The molecule has 1 aromatic rings. The van der Waals surface area contributed by atoms with E-state index in [-0.39, 0.29) is 0 Å². The van der Waals surface area contributed by atoms with E-state index in [9.17, 15) is 0 Å². The highest BCUT2D eigenvalue weighted by Gasteiger charge is 2.33. The van der Waals surface area contributed by atoms with Crippen LogP contribution in [0.1, 0.15) is 40.0 Å². The van der Waals surface area contributed by atoms with Gasteiger partial charge in [-0.1, -0.05) is 58.2 Å². The Morgan fingerprint density at radius 3 is 1.71 bits per heavy atom. The largest absolute Gasteiger partial charge is 0.543 e. The number of benzene rings is 1. The van der Waals surface area contributed by atoms with E-state index in [2.05, 4.69) is 51.1 Å². The lowest BCUT2D eigenvalue weighted by molar-refractivity contribution is 0.519. The topological polar surface area (TPSA) is 9.23 Å². The average molecular weight is 250 g/mol. The van der Waals surface area contributed by atoms with E-state index in [1.807, 2.05) is 0 Å². The van der Waals surface area contributed by atoms with Crippen molar-refractivity contribution in [1.82, 2.24) is 0 Å². The summed E-state index contributed by atoms with van der Waals surface area (Å²) in [7, 11) is -1.54. The van der Waals surface area contributed by atoms with Crippen molar-refractivity contribution in [2.24, 2.45) is 0 Å². The molecule has 0 unspecified atom stereocenters. The second-order valence-corrected chi connectivity index (χ2v) is 8.92. The summed E-state index contributed by atoms with van der Waals surface area (Å²) >= 11 is 0. The van der Waals surface area contributed by atoms with Gasteiger partial charge in [0.25, 0.3) is 8.32 Å². The summed E-state index contributed by atoms with van der Waals surface area (Å²) in [6.45, 7) is 6.84. The SMILES string of the molecule is CCC[Si](CCC)(CCC)Oc1ccccc1.